The van der Waals surface area contributed by atoms with Gasteiger partial charge >= 0.3 is 0 Å². The average Bonchev–Trinajstić information content (AvgIpc) is 2.77. The van der Waals surface area contributed by atoms with E-state index in [0.29, 0.717) is 28.8 Å². The van der Waals surface area contributed by atoms with Crippen LogP contribution in [0.5, 0.6) is 0 Å². The molecule has 166 valence electrons. The number of aliphatic hydroxyl groups excluding tert-OH is 1. The van der Waals surface area contributed by atoms with Gasteiger partial charge in [0, 0.05) is 22.3 Å². The van der Waals surface area contributed by atoms with Crippen molar-refractivity contribution in [1.29, 1.82) is 0 Å². The molecule has 0 unspecified atom stereocenters. The van der Waals surface area contributed by atoms with Crippen LogP contribution < -0.4 is 5.32 Å². The number of nitrogens with one attached hydrogen (secondary N) is 1. The molecule has 2 aromatic carbocycles. The molecular formula is C24H24Cl2N4O2. The summed E-state index contributed by atoms with van der Waals surface area (Å²) < 4.78 is 5.54. The summed E-state index contributed by atoms with van der Waals surface area (Å²) in [7, 11) is 0. The third kappa shape index (κ3) is 6.32. The van der Waals surface area contributed by atoms with Crippen molar-refractivity contribution in [3.8, 4) is 11.8 Å². The van der Waals surface area contributed by atoms with Crippen molar-refractivity contribution in [2.45, 2.75) is 32.9 Å². The Morgan fingerprint density at radius 1 is 1.19 bits per heavy atom. The molecule has 0 fully saturated rings. The lowest BCUT2D eigenvalue weighted by atomic mass is 10.1. The maximum Gasteiger partial charge on any atom is 0.188 e. The summed E-state index contributed by atoms with van der Waals surface area (Å²) in [4.78, 5) is 3.53. The summed E-state index contributed by atoms with van der Waals surface area (Å²) in [6.07, 6.45) is 0. The standard InChI is InChI=1S/C24H23ClN4O2.ClH/c1-16-5-6-17(13-21(16)25)15-27-23-20-14-18(26-4)7-8-19(20)22(28-29-23)9-10-24(2,3)31-12-11-30;/h5-8,13-14,30H,11-12,15H2,1-3H3,(H,27,29);1H. The summed E-state index contributed by atoms with van der Waals surface area (Å²) in [5.41, 5.74) is 2.29. The number of aromatic nitrogens is 2. The third-order valence-corrected chi connectivity index (χ3v) is 5.03. The molecule has 0 saturated heterocycles. The minimum Gasteiger partial charge on any atom is -0.394 e. The number of hydrogen-bond donors (Lipinski definition) is 2. The Labute approximate surface area is 199 Å². The zero-order valence-corrected chi connectivity index (χ0v) is 19.6. The number of halogens is 2. The lowest BCUT2D eigenvalue weighted by Gasteiger charge is -2.17. The van der Waals surface area contributed by atoms with Crippen LogP contribution in [-0.2, 0) is 11.3 Å². The molecular weight excluding hydrogens is 447 g/mol. The minimum absolute atomic E-state index is 0. The number of benzene rings is 2. The maximum absolute atomic E-state index is 8.96. The van der Waals surface area contributed by atoms with Gasteiger partial charge in [-0.25, -0.2) is 4.85 Å². The van der Waals surface area contributed by atoms with E-state index in [4.69, 9.17) is 28.0 Å². The van der Waals surface area contributed by atoms with Crippen LogP contribution in [0, 0.1) is 25.3 Å². The third-order valence-electron chi connectivity index (χ3n) is 4.62. The van der Waals surface area contributed by atoms with E-state index in [0.717, 1.165) is 21.9 Å². The molecule has 8 heteroatoms. The first-order valence-electron chi connectivity index (χ1n) is 9.78. The Hall–Kier alpha value is -2.87. The van der Waals surface area contributed by atoms with Crippen LogP contribution in [0.4, 0.5) is 11.5 Å². The molecule has 0 saturated carbocycles. The SMILES string of the molecule is Cl.[C-]#[N+]c1ccc2c(C#CC(C)(C)OCCO)nnc(NCc3ccc(C)c(Cl)c3)c2c1. The first kappa shape index (κ1) is 25.4. The van der Waals surface area contributed by atoms with Gasteiger partial charge in [-0.15, -0.1) is 22.6 Å². The van der Waals surface area contributed by atoms with Gasteiger partial charge in [0.25, 0.3) is 0 Å². The van der Waals surface area contributed by atoms with Crippen LogP contribution in [-0.4, -0.2) is 34.1 Å². The largest absolute Gasteiger partial charge is 0.394 e. The molecule has 2 N–H and O–H groups in total. The summed E-state index contributed by atoms with van der Waals surface area (Å²) in [5, 5.41) is 23.1. The summed E-state index contributed by atoms with van der Waals surface area (Å²) in [6, 6.07) is 11.2. The molecule has 0 atom stereocenters. The van der Waals surface area contributed by atoms with Crippen LogP contribution >= 0.6 is 24.0 Å². The highest BCUT2D eigenvalue weighted by atomic mass is 35.5. The molecule has 3 rings (SSSR count). The van der Waals surface area contributed by atoms with E-state index in [1.54, 1.807) is 12.1 Å². The fraction of sp³-hybridized carbons (Fsp3) is 0.292. The van der Waals surface area contributed by atoms with Crippen molar-refractivity contribution in [1.82, 2.24) is 10.2 Å². The van der Waals surface area contributed by atoms with Crippen LogP contribution in [0.25, 0.3) is 15.6 Å². The van der Waals surface area contributed by atoms with Gasteiger partial charge in [-0.3, -0.25) is 0 Å². The molecule has 0 amide bonds. The van der Waals surface area contributed by atoms with Crippen molar-refractivity contribution >= 4 is 46.3 Å². The van der Waals surface area contributed by atoms with E-state index in [9.17, 15) is 0 Å². The van der Waals surface area contributed by atoms with E-state index >= 15 is 0 Å². The second-order valence-corrected chi connectivity index (χ2v) is 7.92. The van der Waals surface area contributed by atoms with Gasteiger partial charge in [0.05, 0.1) is 19.8 Å². The van der Waals surface area contributed by atoms with E-state index < -0.39 is 5.60 Å². The highest BCUT2D eigenvalue weighted by Crippen LogP contribution is 2.28. The lowest BCUT2D eigenvalue weighted by molar-refractivity contribution is 0.00604. The molecule has 3 aromatic rings. The van der Waals surface area contributed by atoms with Crippen LogP contribution in [0.15, 0.2) is 36.4 Å². The number of aliphatic hydroxyl groups is 1. The Balaban J connectivity index is 0.00000363. The molecule has 0 aliphatic carbocycles. The molecule has 0 spiro atoms. The first-order chi connectivity index (χ1) is 14.8. The Kier molecular flexibility index (Phi) is 8.83. The number of hydrogen-bond acceptors (Lipinski definition) is 5. The van der Waals surface area contributed by atoms with Gasteiger partial charge in [0.1, 0.15) is 11.3 Å². The topological polar surface area (TPSA) is 71.6 Å². The van der Waals surface area contributed by atoms with E-state index in [1.165, 1.54) is 0 Å². The van der Waals surface area contributed by atoms with Gasteiger partial charge in [-0.1, -0.05) is 41.8 Å². The lowest BCUT2D eigenvalue weighted by Crippen LogP contribution is -2.23. The molecule has 32 heavy (non-hydrogen) atoms. The Morgan fingerprint density at radius 3 is 2.66 bits per heavy atom. The molecule has 6 nitrogen and oxygen atoms in total. The smallest absolute Gasteiger partial charge is 0.188 e. The van der Waals surface area contributed by atoms with Gasteiger partial charge in [-0.2, -0.15) is 0 Å². The van der Waals surface area contributed by atoms with E-state index in [-0.39, 0.29) is 25.6 Å². The number of ether oxygens (including phenoxy) is 1. The van der Waals surface area contributed by atoms with E-state index in [1.807, 2.05) is 45.0 Å². The van der Waals surface area contributed by atoms with Crippen molar-refractivity contribution in [3.05, 3.63) is 69.7 Å². The van der Waals surface area contributed by atoms with Crippen LogP contribution in [0.2, 0.25) is 5.02 Å². The van der Waals surface area contributed by atoms with Crippen LogP contribution in [0.1, 0.15) is 30.7 Å². The van der Waals surface area contributed by atoms with Crippen molar-refractivity contribution in [2.24, 2.45) is 0 Å². The van der Waals surface area contributed by atoms with Crippen molar-refractivity contribution in [2.75, 3.05) is 18.5 Å². The van der Waals surface area contributed by atoms with Gasteiger partial charge in [0.2, 0.25) is 0 Å². The fourth-order valence-electron chi connectivity index (χ4n) is 2.91. The maximum atomic E-state index is 8.96. The zero-order chi connectivity index (χ0) is 22.4. The van der Waals surface area contributed by atoms with Crippen LogP contribution in [0.3, 0.4) is 0 Å². The molecule has 1 heterocycles. The number of rotatable bonds is 6. The molecule has 0 bridgehead atoms. The Morgan fingerprint density at radius 2 is 1.97 bits per heavy atom. The van der Waals surface area contributed by atoms with Gasteiger partial charge < -0.3 is 15.2 Å². The van der Waals surface area contributed by atoms with E-state index in [2.05, 4.69) is 32.2 Å². The average molecular weight is 471 g/mol. The molecule has 0 aliphatic heterocycles. The molecule has 1 aromatic heterocycles. The highest BCUT2D eigenvalue weighted by molar-refractivity contribution is 6.31. The summed E-state index contributed by atoms with van der Waals surface area (Å²) >= 11 is 6.23. The van der Waals surface area contributed by atoms with Crippen molar-refractivity contribution in [3.63, 3.8) is 0 Å². The summed E-state index contributed by atoms with van der Waals surface area (Å²) in [5.74, 6) is 6.64. The fourth-order valence-corrected chi connectivity index (χ4v) is 3.12. The minimum atomic E-state index is -0.741. The highest BCUT2D eigenvalue weighted by Gasteiger charge is 2.15. The monoisotopic (exact) mass is 470 g/mol. The molecule has 0 radical (unpaired) electrons. The zero-order valence-electron chi connectivity index (χ0n) is 18.1. The first-order valence-corrected chi connectivity index (χ1v) is 10.2. The van der Waals surface area contributed by atoms with Crippen molar-refractivity contribution < 1.29 is 9.84 Å². The predicted octanol–water partition coefficient (Wildman–Crippen LogP) is 5.32. The Bertz CT molecular complexity index is 1210. The number of anilines is 1. The molecule has 0 aliphatic rings. The quantitative estimate of drug-likeness (QED) is 0.376. The number of aryl methyl sites for hydroxylation is 1. The normalized spacial score (nSPS) is 10.6. The predicted molar refractivity (Wildman–Crippen MR) is 131 cm³/mol. The number of nitrogens with zero attached hydrogens (tertiary/aromatic N) is 3. The van der Waals surface area contributed by atoms with Gasteiger partial charge in [-0.05, 0) is 50.0 Å². The summed E-state index contributed by atoms with van der Waals surface area (Å²) in [6.45, 7) is 13.6. The number of fused-ring (bicyclic) bond motifs is 1. The van der Waals surface area contributed by atoms with Gasteiger partial charge in [0.15, 0.2) is 11.5 Å². The second-order valence-electron chi connectivity index (χ2n) is 7.51. The second kappa shape index (κ2) is 11.1.